The molecule has 1 aliphatic rings. The molecule has 0 radical (unpaired) electrons. The van der Waals surface area contributed by atoms with Gasteiger partial charge in [0.2, 0.25) is 10.0 Å². The van der Waals surface area contributed by atoms with Crippen molar-refractivity contribution in [3.63, 3.8) is 0 Å². The molecule has 0 saturated heterocycles. The Morgan fingerprint density at radius 3 is 2.38 bits per heavy atom. The molecule has 2 unspecified atom stereocenters. The summed E-state index contributed by atoms with van der Waals surface area (Å²) in [6.45, 7) is -0.316. The molecule has 16 heavy (non-hydrogen) atoms. The van der Waals surface area contributed by atoms with Crippen molar-refractivity contribution in [3.05, 3.63) is 0 Å². The lowest BCUT2D eigenvalue weighted by atomic mass is 10.1. The van der Waals surface area contributed by atoms with Crippen molar-refractivity contribution in [1.82, 2.24) is 4.72 Å². The van der Waals surface area contributed by atoms with Gasteiger partial charge in [-0.05, 0) is 32.1 Å². The second kappa shape index (κ2) is 5.92. The highest BCUT2D eigenvalue weighted by atomic mass is 32.2. The minimum Gasteiger partial charge on any atom is -0.394 e. The van der Waals surface area contributed by atoms with E-state index in [2.05, 4.69) is 4.72 Å². The molecule has 7 heteroatoms. The van der Waals surface area contributed by atoms with Crippen LogP contribution in [0.3, 0.4) is 0 Å². The molecule has 0 heterocycles. The first-order chi connectivity index (χ1) is 7.45. The maximum Gasteiger partial charge on any atom is 0.216 e. The molecule has 0 amide bonds. The number of aliphatic hydroxyl groups is 3. The van der Waals surface area contributed by atoms with Crippen molar-refractivity contribution in [2.75, 3.05) is 6.61 Å². The molecule has 0 aromatic rings. The van der Waals surface area contributed by atoms with Crippen molar-refractivity contribution < 1.29 is 23.7 Å². The van der Waals surface area contributed by atoms with Crippen molar-refractivity contribution in [3.8, 4) is 0 Å². The smallest absolute Gasteiger partial charge is 0.216 e. The maximum absolute atomic E-state index is 11.4. The fraction of sp³-hybridized carbons (Fsp3) is 1.00. The van der Waals surface area contributed by atoms with Crippen LogP contribution in [0, 0.1) is 0 Å². The van der Waals surface area contributed by atoms with Crippen LogP contribution in [0.25, 0.3) is 0 Å². The third-order valence-electron chi connectivity index (χ3n) is 2.49. The minimum absolute atomic E-state index is 0.239. The molecule has 0 spiro atoms. The van der Waals surface area contributed by atoms with Gasteiger partial charge in [-0.1, -0.05) is 0 Å². The summed E-state index contributed by atoms with van der Waals surface area (Å²) in [6.07, 6.45) is 0.456. The van der Waals surface area contributed by atoms with E-state index in [0.717, 1.165) is 0 Å². The summed E-state index contributed by atoms with van der Waals surface area (Å²) in [5, 5.41) is 26.6. The van der Waals surface area contributed by atoms with Crippen LogP contribution < -0.4 is 4.72 Å². The molecule has 1 aliphatic carbocycles. The van der Waals surface area contributed by atoms with Gasteiger partial charge in [0.05, 0.1) is 18.0 Å². The summed E-state index contributed by atoms with van der Waals surface area (Å²) in [5.41, 5.74) is 0. The van der Waals surface area contributed by atoms with Gasteiger partial charge in [-0.15, -0.1) is 0 Å². The molecular weight excluding hydrogens is 234 g/mol. The van der Waals surface area contributed by atoms with E-state index in [0.29, 0.717) is 25.7 Å². The predicted molar refractivity (Wildman–Crippen MR) is 58.0 cm³/mol. The summed E-state index contributed by atoms with van der Waals surface area (Å²) in [6, 6.07) is 0. The number of aliphatic hydroxyl groups excluding tert-OH is 3. The molecular formula is C9H19NO5S. The Balaban J connectivity index is 2.18. The monoisotopic (exact) mass is 253 g/mol. The zero-order chi connectivity index (χ0) is 12.2. The maximum atomic E-state index is 11.4. The van der Waals surface area contributed by atoms with Crippen LogP contribution in [0.1, 0.15) is 32.1 Å². The van der Waals surface area contributed by atoms with E-state index in [4.69, 9.17) is 10.2 Å². The number of nitrogens with one attached hydrogen (secondary N) is 1. The second-order valence-corrected chi connectivity index (χ2v) is 6.14. The molecule has 0 bridgehead atoms. The average molecular weight is 253 g/mol. The van der Waals surface area contributed by atoms with E-state index in [1.807, 2.05) is 0 Å². The molecule has 0 aromatic heterocycles. The Hall–Kier alpha value is -0.210. The lowest BCUT2D eigenvalue weighted by molar-refractivity contribution is 0.0791. The van der Waals surface area contributed by atoms with E-state index in [-0.39, 0.29) is 18.3 Å². The molecule has 1 rings (SSSR count). The Morgan fingerprint density at radius 1 is 1.25 bits per heavy atom. The summed E-state index contributed by atoms with van der Waals surface area (Å²) in [5.74, 6) is 0. The highest BCUT2D eigenvalue weighted by Gasteiger charge is 2.36. The first kappa shape index (κ1) is 13.9. The van der Waals surface area contributed by atoms with Crippen LogP contribution >= 0.6 is 0 Å². The summed E-state index contributed by atoms with van der Waals surface area (Å²) < 4.78 is 25.0. The topological polar surface area (TPSA) is 107 Å². The van der Waals surface area contributed by atoms with Crippen LogP contribution in [-0.4, -0.2) is 47.9 Å². The zero-order valence-electron chi connectivity index (χ0n) is 9.04. The summed E-state index contributed by atoms with van der Waals surface area (Å²) >= 11 is 0. The third kappa shape index (κ3) is 4.75. The van der Waals surface area contributed by atoms with E-state index in [1.165, 1.54) is 0 Å². The summed E-state index contributed by atoms with van der Waals surface area (Å²) in [4.78, 5) is 0. The van der Waals surface area contributed by atoms with Gasteiger partial charge in [-0.3, -0.25) is 0 Å². The van der Waals surface area contributed by atoms with Gasteiger partial charge in [0.25, 0.3) is 0 Å². The lowest BCUT2D eigenvalue weighted by Gasteiger charge is -2.13. The van der Waals surface area contributed by atoms with E-state index >= 15 is 0 Å². The fourth-order valence-electron chi connectivity index (χ4n) is 1.36. The predicted octanol–water partition coefficient (Wildman–Crippen LogP) is -1.09. The van der Waals surface area contributed by atoms with Crippen LogP contribution in [0.5, 0.6) is 0 Å². The number of sulfonamides is 1. The van der Waals surface area contributed by atoms with Crippen LogP contribution in [0.4, 0.5) is 0 Å². The number of hydrogen-bond acceptors (Lipinski definition) is 5. The summed E-state index contributed by atoms with van der Waals surface area (Å²) in [7, 11) is -3.35. The molecule has 6 nitrogen and oxygen atoms in total. The van der Waals surface area contributed by atoms with Crippen LogP contribution in [0.15, 0.2) is 0 Å². The van der Waals surface area contributed by atoms with E-state index in [9.17, 15) is 13.5 Å². The van der Waals surface area contributed by atoms with Crippen LogP contribution in [0.2, 0.25) is 0 Å². The Labute approximate surface area is 95.3 Å². The molecule has 0 aromatic carbocycles. The van der Waals surface area contributed by atoms with Gasteiger partial charge in [-0.2, -0.15) is 4.72 Å². The van der Waals surface area contributed by atoms with Crippen molar-refractivity contribution >= 4 is 10.0 Å². The first-order valence-corrected chi connectivity index (χ1v) is 6.98. The van der Waals surface area contributed by atoms with Gasteiger partial charge >= 0.3 is 0 Å². The van der Waals surface area contributed by atoms with Gasteiger partial charge in [-0.25, -0.2) is 8.42 Å². The van der Waals surface area contributed by atoms with Crippen molar-refractivity contribution in [2.24, 2.45) is 0 Å². The standard InChI is InChI=1S/C9H19NO5S/c11-6-7(12)2-1-3-9(13)10-16(14,15)8-4-5-8/h7-13H,1-6H2. The molecule has 0 aliphatic heterocycles. The minimum atomic E-state index is -3.35. The number of rotatable bonds is 8. The quantitative estimate of drug-likeness (QED) is 0.411. The Morgan fingerprint density at radius 2 is 1.88 bits per heavy atom. The average Bonchev–Trinajstić information content (AvgIpc) is 2.99. The molecule has 1 saturated carbocycles. The van der Waals surface area contributed by atoms with Gasteiger partial charge in [0.15, 0.2) is 0 Å². The first-order valence-electron chi connectivity index (χ1n) is 5.44. The number of hydrogen-bond donors (Lipinski definition) is 4. The van der Waals surface area contributed by atoms with Gasteiger partial charge in [0, 0.05) is 0 Å². The largest absolute Gasteiger partial charge is 0.394 e. The zero-order valence-corrected chi connectivity index (χ0v) is 9.86. The lowest BCUT2D eigenvalue weighted by Crippen LogP contribution is -2.36. The Bertz CT molecular complexity index is 301. The molecule has 2 atom stereocenters. The van der Waals surface area contributed by atoms with E-state index in [1.54, 1.807) is 0 Å². The SMILES string of the molecule is O=S(=O)(NC(O)CCCC(O)CO)C1CC1. The van der Waals surface area contributed by atoms with Crippen LogP contribution in [-0.2, 0) is 10.0 Å². The third-order valence-corrected chi connectivity index (χ3v) is 4.44. The van der Waals surface area contributed by atoms with Gasteiger partial charge in [0.1, 0.15) is 6.23 Å². The van der Waals surface area contributed by atoms with E-state index < -0.39 is 22.4 Å². The van der Waals surface area contributed by atoms with Gasteiger partial charge < -0.3 is 15.3 Å². The second-order valence-electron chi connectivity index (χ2n) is 4.15. The molecule has 4 N–H and O–H groups in total. The Kier molecular flexibility index (Phi) is 5.13. The van der Waals surface area contributed by atoms with Crippen molar-refractivity contribution in [2.45, 2.75) is 49.7 Å². The normalized spacial score (nSPS) is 20.7. The highest BCUT2D eigenvalue weighted by Crippen LogP contribution is 2.27. The molecule has 96 valence electrons. The molecule has 1 fully saturated rings. The van der Waals surface area contributed by atoms with Crippen molar-refractivity contribution in [1.29, 1.82) is 0 Å². The fourth-order valence-corrected chi connectivity index (χ4v) is 2.81. The highest BCUT2D eigenvalue weighted by molar-refractivity contribution is 7.90.